The quantitative estimate of drug-likeness (QED) is 0.395. The zero-order valence-electron chi connectivity index (χ0n) is 13.2. The van der Waals surface area contributed by atoms with Crippen molar-refractivity contribution in [3.63, 3.8) is 0 Å². The third kappa shape index (κ3) is 2.83. The summed E-state index contributed by atoms with van der Waals surface area (Å²) in [6, 6.07) is 18.2. The number of amides is 1. The third-order valence-electron chi connectivity index (χ3n) is 4.12. The number of phenolic OH excluding ortho intramolecular Hbond substituents is 1. The molecule has 5 heteroatoms. The first-order valence-corrected chi connectivity index (χ1v) is 7.83. The van der Waals surface area contributed by atoms with Crippen molar-refractivity contribution in [2.45, 2.75) is 0 Å². The van der Waals surface area contributed by atoms with Gasteiger partial charge in [0.05, 0.1) is 6.21 Å². The zero-order valence-corrected chi connectivity index (χ0v) is 13.2. The minimum atomic E-state index is -0.276. The van der Waals surface area contributed by atoms with Crippen molar-refractivity contribution in [3.8, 4) is 5.75 Å². The Balaban J connectivity index is 1.56. The van der Waals surface area contributed by atoms with Crippen molar-refractivity contribution < 1.29 is 9.90 Å². The molecule has 0 spiro atoms. The average Bonchev–Trinajstić information content (AvgIpc) is 3.11. The van der Waals surface area contributed by atoms with E-state index in [0.717, 1.165) is 27.2 Å². The van der Waals surface area contributed by atoms with Crippen LogP contribution < -0.4 is 5.43 Å². The number of aromatic hydroxyl groups is 1. The van der Waals surface area contributed by atoms with Crippen LogP contribution in [0.2, 0.25) is 0 Å². The summed E-state index contributed by atoms with van der Waals surface area (Å²) in [6.45, 7) is 0. The fourth-order valence-electron chi connectivity index (χ4n) is 2.84. The minimum Gasteiger partial charge on any atom is -0.507 e. The first-order valence-electron chi connectivity index (χ1n) is 7.83. The first-order chi connectivity index (χ1) is 12.2. The average molecular weight is 329 g/mol. The first kappa shape index (κ1) is 15.0. The topological polar surface area (TPSA) is 77.5 Å². The lowest BCUT2D eigenvalue weighted by molar-refractivity contribution is 0.0955. The summed E-state index contributed by atoms with van der Waals surface area (Å²) < 4.78 is 0. The molecule has 0 atom stereocenters. The van der Waals surface area contributed by atoms with Gasteiger partial charge in [-0.1, -0.05) is 24.3 Å². The van der Waals surface area contributed by atoms with E-state index >= 15 is 0 Å². The fourth-order valence-corrected chi connectivity index (χ4v) is 2.84. The van der Waals surface area contributed by atoms with Gasteiger partial charge >= 0.3 is 0 Å². The van der Waals surface area contributed by atoms with E-state index in [1.165, 1.54) is 0 Å². The molecule has 0 saturated heterocycles. The number of phenols is 1. The summed E-state index contributed by atoms with van der Waals surface area (Å²) in [7, 11) is 0. The Bertz CT molecular complexity index is 1110. The lowest BCUT2D eigenvalue weighted by Crippen LogP contribution is -2.17. The molecule has 3 aromatic carbocycles. The molecule has 3 N–H and O–H groups in total. The molecule has 0 saturated carbocycles. The molecule has 1 aromatic heterocycles. The van der Waals surface area contributed by atoms with Crippen LogP contribution in [0.4, 0.5) is 0 Å². The maximum absolute atomic E-state index is 12.2. The van der Waals surface area contributed by atoms with Gasteiger partial charge in [0.15, 0.2) is 0 Å². The van der Waals surface area contributed by atoms with Crippen LogP contribution in [0, 0.1) is 0 Å². The number of hydrogen-bond donors (Lipinski definition) is 3. The minimum absolute atomic E-state index is 0.219. The highest BCUT2D eigenvalue weighted by atomic mass is 16.3. The maximum Gasteiger partial charge on any atom is 0.271 e. The van der Waals surface area contributed by atoms with E-state index in [4.69, 9.17) is 0 Å². The highest BCUT2D eigenvalue weighted by Crippen LogP contribution is 2.26. The van der Waals surface area contributed by atoms with Gasteiger partial charge < -0.3 is 10.1 Å². The van der Waals surface area contributed by atoms with E-state index in [-0.39, 0.29) is 11.7 Å². The van der Waals surface area contributed by atoms with Crippen LogP contribution in [0.5, 0.6) is 5.75 Å². The number of fused-ring (bicyclic) bond motifs is 2. The normalized spacial score (nSPS) is 11.4. The largest absolute Gasteiger partial charge is 0.507 e. The summed E-state index contributed by atoms with van der Waals surface area (Å²) in [4.78, 5) is 15.3. The van der Waals surface area contributed by atoms with Crippen LogP contribution in [0.3, 0.4) is 0 Å². The molecule has 0 radical (unpaired) electrons. The Morgan fingerprint density at radius 3 is 2.76 bits per heavy atom. The maximum atomic E-state index is 12.2. The SMILES string of the molecule is O=C(N/N=C/c1ccc(O)c2ccccc12)c1ccc2[nH]ccc2c1. The molecule has 0 bridgehead atoms. The molecular formula is C20H15N3O2. The van der Waals surface area contributed by atoms with E-state index in [1.807, 2.05) is 48.7 Å². The van der Waals surface area contributed by atoms with E-state index < -0.39 is 0 Å². The number of nitrogens with one attached hydrogen (secondary N) is 2. The summed E-state index contributed by atoms with van der Waals surface area (Å²) in [6.07, 6.45) is 3.41. The molecule has 0 aliphatic rings. The highest BCUT2D eigenvalue weighted by molar-refractivity contribution is 6.03. The van der Waals surface area contributed by atoms with Gasteiger partial charge in [0.2, 0.25) is 0 Å². The molecular weight excluding hydrogens is 314 g/mol. The Morgan fingerprint density at radius 2 is 1.88 bits per heavy atom. The number of hydrazone groups is 1. The predicted molar refractivity (Wildman–Crippen MR) is 99.0 cm³/mol. The third-order valence-corrected chi connectivity index (χ3v) is 4.12. The van der Waals surface area contributed by atoms with E-state index in [0.29, 0.717) is 5.56 Å². The van der Waals surface area contributed by atoms with Gasteiger partial charge in [-0.05, 0) is 41.8 Å². The van der Waals surface area contributed by atoms with Gasteiger partial charge in [-0.3, -0.25) is 4.79 Å². The molecule has 1 amide bonds. The number of aromatic amines is 1. The van der Waals surface area contributed by atoms with Gasteiger partial charge in [-0.15, -0.1) is 0 Å². The molecule has 25 heavy (non-hydrogen) atoms. The second-order valence-corrected chi connectivity index (χ2v) is 5.70. The van der Waals surface area contributed by atoms with Gasteiger partial charge in [-0.25, -0.2) is 5.43 Å². The number of nitrogens with zero attached hydrogens (tertiary/aromatic N) is 1. The van der Waals surface area contributed by atoms with Crippen LogP contribution in [0.15, 0.2) is 72.0 Å². The number of benzene rings is 3. The molecule has 0 aliphatic heterocycles. The molecule has 122 valence electrons. The molecule has 1 heterocycles. The molecule has 4 aromatic rings. The number of hydrogen-bond acceptors (Lipinski definition) is 3. The second kappa shape index (κ2) is 6.13. The Labute approximate surface area is 143 Å². The summed E-state index contributed by atoms with van der Waals surface area (Å²) >= 11 is 0. The van der Waals surface area contributed by atoms with Crippen molar-refractivity contribution in [1.29, 1.82) is 0 Å². The Kier molecular flexibility index (Phi) is 3.67. The second-order valence-electron chi connectivity index (χ2n) is 5.70. The van der Waals surface area contributed by atoms with Crippen molar-refractivity contribution in [2.75, 3.05) is 0 Å². The fraction of sp³-hybridized carbons (Fsp3) is 0. The van der Waals surface area contributed by atoms with E-state index in [2.05, 4.69) is 15.5 Å². The summed E-state index contributed by atoms with van der Waals surface area (Å²) in [5.74, 6) is -0.0565. The number of rotatable bonds is 3. The Morgan fingerprint density at radius 1 is 1.04 bits per heavy atom. The lowest BCUT2D eigenvalue weighted by Gasteiger charge is -2.04. The predicted octanol–water partition coefficient (Wildman–Crippen LogP) is 3.79. The van der Waals surface area contributed by atoms with Gasteiger partial charge in [0.1, 0.15) is 5.75 Å². The summed E-state index contributed by atoms with van der Waals surface area (Å²) in [5, 5.41) is 16.6. The number of aromatic nitrogens is 1. The van der Waals surface area contributed by atoms with Gasteiger partial charge in [-0.2, -0.15) is 5.10 Å². The molecule has 5 nitrogen and oxygen atoms in total. The van der Waals surface area contributed by atoms with E-state index in [9.17, 15) is 9.90 Å². The van der Waals surface area contributed by atoms with Crippen LogP contribution in [0.25, 0.3) is 21.7 Å². The van der Waals surface area contributed by atoms with Crippen LogP contribution in [0.1, 0.15) is 15.9 Å². The molecule has 0 aliphatic carbocycles. The smallest absolute Gasteiger partial charge is 0.271 e. The number of H-pyrrole nitrogens is 1. The summed E-state index contributed by atoms with van der Waals surface area (Å²) in [5.41, 5.74) is 4.88. The zero-order chi connectivity index (χ0) is 17.2. The van der Waals surface area contributed by atoms with Crippen LogP contribution in [-0.2, 0) is 0 Å². The molecule has 0 unspecified atom stereocenters. The highest BCUT2D eigenvalue weighted by Gasteiger charge is 2.06. The van der Waals surface area contributed by atoms with Crippen molar-refractivity contribution >= 4 is 33.8 Å². The van der Waals surface area contributed by atoms with Gasteiger partial charge in [0.25, 0.3) is 5.91 Å². The van der Waals surface area contributed by atoms with Gasteiger partial charge in [0, 0.05) is 33.6 Å². The Hall–Kier alpha value is -3.60. The molecule has 0 fully saturated rings. The monoisotopic (exact) mass is 329 g/mol. The van der Waals surface area contributed by atoms with Crippen LogP contribution in [-0.4, -0.2) is 22.2 Å². The van der Waals surface area contributed by atoms with Crippen molar-refractivity contribution in [1.82, 2.24) is 10.4 Å². The van der Waals surface area contributed by atoms with Crippen LogP contribution >= 0.6 is 0 Å². The van der Waals surface area contributed by atoms with Crippen molar-refractivity contribution in [3.05, 3.63) is 78.0 Å². The van der Waals surface area contributed by atoms with Crippen molar-refractivity contribution in [2.24, 2.45) is 5.10 Å². The molecule has 4 rings (SSSR count). The number of carbonyl (C=O) groups excluding carboxylic acids is 1. The standard InChI is InChI=1S/C20H15N3O2/c24-19-8-6-15(16-3-1-2-4-17(16)19)12-22-23-20(25)14-5-7-18-13(11-14)9-10-21-18/h1-12,21,24H,(H,23,25)/b22-12+. The lowest BCUT2D eigenvalue weighted by atomic mass is 10.0. The number of carbonyl (C=O) groups is 1. The van der Waals surface area contributed by atoms with E-state index in [1.54, 1.807) is 24.4 Å².